The molecule has 4 saturated carbocycles. The van der Waals surface area contributed by atoms with Gasteiger partial charge in [-0.15, -0.1) is 22.7 Å². The van der Waals surface area contributed by atoms with E-state index in [1.807, 2.05) is 20.0 Å². The predicted octanol–water partition coefficient (Wildman–Crippen LogP) is 12.2. The fourth-order valence-electron chi connectivity index (χ4n) is 15.3. The zero-order valence-corrected chi connectivity index (χ0v) is 44.0. The number of anilines is 2. The molecule has 0 spiro atoms. The molecule has 0 aliphatic heterocycles. The van der Waals surface area contributed by atoms with Crippen LogP contribution in [-0.4, -0.2) is 59.1 Å². The molecule has 2 aromatic carbocycles. The van der Waals surface area contributed by atoms with Crippen LogP contribution in [0.4, 0.5) is 10.3 Å². The Hall–Kier alpha value is -4.82. The van der Waals surface area contributed by atoms with Crippen LogP contribution < -0.4 is 15.4 Å². The maximum Gasteiger partial charge on any atom is 0.226 e. The molecule has 10 unspecified atom stereocenters. The molecule has 70 heavy (non-hydrogen) atoms. The number of benzene rings is 2. The van der Waals surface area contributed by atoms with Gasteiger partial charge in [-0.05, 0) is 197 Å². The lowest BCUT2D eigenvalue weighted by molar-refractivity contribution is -0.117. The van der Waals surface area contributed by atoms with E-state index in [0.717, 1.165) is 115 Å². The molecule has 14 heteroatoms. The molecular weight excluding hydrogens is 917 g/mol. The maximum atomic E-state index is 13.6. The van der Waals surface area contributed by atoms with E-state index in [0.29, 0.717) is 89.2 Å². The Kier molecular flexibility index (Phi) is 13.7. The number of nitrogens with zero attached hydrogens (tertiary/aromatic N) is 4. The number of hydrogen-bond donors (Lipinski definition) is 3. The standard InChI is InChI=1S/C56H72N6O6S2/c1-30-23-43-34(25-45(30)66-7)9-12-41-39(43)17-20-56(6)47(27-36(50(41)56)11-15-48(63)59-53-57-28-32(3)69-53)62-68-22-19-37-29-58-54(70-37)60-49(64)16-10-35-26-46(61-67-8)55(5)21-18-40-42(51(35)55)14-13-38-33(4)52(65)31(2)24-44(38)40/h23-25,28-29,35-36,39-42,50-51,65H,9-22,26-27H2,1-8H3,(H,57,59,63)(H,58,60,64). The maximum absolute atomic E-state index is 13.6. The fraction of sp³-hybridized carbons (Fsp3) is 0.607. The van der Waals surface area contributed by atoms with Crippen LogP contribution in [0.3, 0.4) is 0 Å². The summed E-state index contributed by atoms with van der Waals surface area (Å²) in [5.74, 6) is 4.83. The summed E-state index contributed by atoms with van der Waals surface area (Å²) in [7, 11) is 3.41. The molecule has 374 valence electrons. The molecule has 6 aliphatic rings. The number of aromatic hydroxyl groups is 1. The highest BCUT2D eigenvalue weighted by Gasteiger charge is 2.59. The van der Waals surface area contributed by atoms with Crippen molar-refractivity contribution in [3.63, 3.8) is 0 Å². The Labute approximate surface area is 421 Å². The largest absolute Gasteiger partial charge is 0.507 e. The van der Waals surface area contributed by atoms with Gasteiger partial charge in [0, 0.05) is 52.2 Å². The van der Waals surface area contributed by atoms with Gasteiger partial charge in [-0.25, -0.2) is 9.97 Å². The third kappa shape index (κ3) is 8.95. The first-order chi connectivity index (χ1) is 33.7. The van der Waals surface area contributed by atoms with Crippen LogP contribution in [0.1, 0.15) is 151 Å². The summed E-state index contributed by atoms with van der Waals surface area (Å²) in [6.45, 7) is 13.5. The van der Waals surface area contributed by atoms with Crippen molar-refractivity contribution in [2.45, 2.75) is 150 Å². The van der Waals surface area contributed by atoms with Gasteiger partial charge in [0.25, 0.3) is 0 Å². The van der Waals surface area contributed by atoms with E-state index < -0.39 is 0 Å². The zero-order valence-electron chi connectivity index (χ0n) is 42.4. The highest BCUT2D eigenvalue weighted by molar-refractivity contribution is 7.16. The molecule has 10 atom stereocenters. The minimum absolute atomic E-state index is 0.00848. The average Bonchev–Trinajstić information content (AvgIpc) is 4.11. The molecule has 3 N–H and O–H groups in total. The molecular formula is C56H72N6O6S2. The summed E-state index contributed by atoms with van der Waals surface area (Å²) in [6, 6.07) is 6.90. The topological polar surface area (TPSA) is 157 Å². The minimum atomic E-state index is -0.103. The number of rotatable bonds is 14. The Morgan fingerprint density at radius 2 is 1.37 bits per heavy atom. The van der Waals surface area contributed by atoms with E-state index in [-0.39, 0.29) is 22.6 Å². The molecule has 4 fully saturated rings. The number of thiazole rings is 2. The van der Waals surface area contributed by atoms with Gasteiger partial charge in [0.2, 0.25) is 11.8 Å². The Morgan fingerprint density at radius 3 is 2.00 bits per heavy atom. The van der Waals surface area contributed by atoms with Crippen LogP contribution >= 0.6 is 22.7 Å². The molecule has 0 saturated heterocycles. The lowest BCUT2D eigenvalue weighted by Crippen LogP contribution is -2.44. The average molecular weight is 989 g/mol. The lowest BCUT2D eigenvalue weighted by atomic mass is 9.53. The van der Waals surface area contributed by atoms with Crippen molar-refractivity contribution in [2.75, 3.05) is 31.5 Å². The number of nitrogens with one attached hydrogen (secondary N) is 2. The summed E-state index contributed by atoms with van der Waals surface area (Å²) in [5, 5.41) is 27.8. The van der Waals surface area contributed by atoms with E-state index in [4.69, 9.17) is 19.6 Å². The van der Waals surface area contributed by atoms with Gasteiger partial charge in [-0.2, -0.15) is 0 Å². The molecule has 0 radical (unpaired) electrons. The Balaban J connectivity index is 0.768. The number of hydrogen-bond acceptors (Lipinski definition) is 12. The van der Waals surface area contributed by atoms with E-state index in [1.54, 1.807) is 20.4 Å². The van der Waals surface area contributed by atoms with Crippen molar-refractivity contribution in [1.82, 2.24) is 9.97 Å². The van der Waals surface area contributed by atoms with Gasteiger partial charge in [0.15, 0.2) is 10.3 Å². The highest BCUT2D eigenvalue weighted by Crippen LogP contribution is 2.64. The van der Waals surface area contributed by atoms with Gasteiger partial charge >= 0.3 is 0 Å². The van der Waals surface area contributed by atoms with Crippen LogP contribution in [0.15, 0.2) is 40.9 Å². The molecule has 2 heterocycles. The number of carbonyl (C=O) groups is 2. The highest BCUT2D eigenvalue weighted by atomic mass is 32.1. The van der Waals surface area contributed by atoms with Gasteiger partial charge in [0.05, 0.1) is 18.5 Å². The third-order valence-electron chi connectivity index (χ3n) is 18.4. The lowest BCUT2D eigenvalue weighted by Gasteiger charge is -2.50. The number of carbonyl (C=O) groups excluding carboxylic acids is 2. The van der Waals surface area contributed by atoms with Crippen LogP contribution in [0.25, 0.3) is 0 Å². The van der Waals surface area contributed by atoms with E-state index in [1.165, 1.54) is 50.5 Å². The number of methoxy groups -OCH3 is 1. The Morgan fingerprint density at radius 1 is 0.771 bits per heavy atom. The quantitative estimate of drug-likeness (QED) is 0.0833. The van der Waals surface area contributed by atoms with Gasteiger partial charge in [-0.3, -0.25) is 9.59 Å². The SMILES string of the molecule is CON=C1CC(CCC(=O)Nc2ncc(CCON=C3CC(CCC(=O)Nc4ncc(C)s4)C4C5CCc6cc(OC)c(C)cc6C5CCC34C)s2)C2C3CCc4c(cc(C)c(O)c4C)C3CCC12C. The number of phenols is 1. The summed E-state index contributed by atoms with van der Waals surface area (Å²) in [4.78, 5) is 49.6. The van der Waals surface area contributed by atoms with Crippen molar-refractivity contribution < 1.29 is 29.1 Å². The van der Waals surface area contributed by atoms with E-state index in [2.05, 4.69) is 71.7 Å². The second-order valence-electron chi connectivity index (χ2n) is 22.2. The normalized spacial score (nSPS) is 30.7. The van der Waals surface area contributed by atoms with Crippen molar-refractivity contribution in [1.29, 1.82) is 0 Å². The first-order valence-corrected chi connectivity index (χ1v) is 27.6. The van der Waals surface area contributed by atoms with Crippen molar-refractivity contribution >= 4 is 56.2 Å². The predicted molar refractivity (Wildman–Crippen MR) is 279 cm³/mol. The molecule has 2 amide bonds. The summed E-state index contributed by atoms with van der Waals surface area (Å²) >= 11 is 3.01. The molecule has 12 nitrogen and oxygen atoms in total. The third-order valence-corrected chi connectivity index (χ3v) is 20.2. The van der Waals surface area contributed by atoms with Crippen molar-refractivity contribution in [2.24, 2.45) is 56.6 Å². The number of aryl methyl sites for hydroxylation is 4. The smallest absolute Gasteiger partial charge is 0.226 e. The van der Waals surface area contributed by atoms with Crippen LogP contribution in [0.2, 0.25) is 0 Å². The van der Waals surface area contributed by atoms with Gasteiger partial charge in [0.1, 0.15) is 25.2 Å². The second kappa shape index (κ2) is 19.7. The minimum Gasteiger partial charge on any atom is -0.507 e. The summed E-state index contributed by atoms with van der Waals surface area (Å²) in [5.41, 5.74) is 11.0. The molecule has 0 bridgehead atoms. The van der Waals surface area contributed by atoms with Crippen LogP contribution in [-0.2, 0) is 38.5 Å². The number of oxime groups is 2. The number of ether oxygens (including phenoxy) is 1. The summed E-state index contributed by atoms with van der Waals surface area (Å²) < 4.78 is 5.73. The monoisotopic (exact) mass is 988 g/mol. The van der Waals surface area contributed by atoms with Crippen LogP contribution in [0.5, 0.6) is 11.5 Å². The first kappa shape index (κ1) is 48.8. The zero-order chi connectivity index (χ0) is 49.1. The fourth-order valence-corrected chi connectivity index (χ4v) is 16.8. The van der Waals surface area contributed by atoms with E-state index in [9.17, 15) is 14.7 Å². The van der Waals surface area contributed by atoms with Gasteiger partial charge < -0.3 is 30.2 Å². The Bertz CT molecular complexity index is 2710. The summed E-state index contributed by atoms with van der Waals surface area (Å²) in [6.07, 6.45) is 16.9. The van der Waals surface area contributed by atoms with Crippen molar-refractivity contribution in [3.05, 3.63) is 79.3 Å². The molecule has 4 aromatic rings. The van der Waals surface area contributed by atoms with Crippen LogP contribution in [0, 0.1) is 74.0 Å². The number of aromatic nitrogens is 2. The second-order valence-corrected chi connectivity index (χ2v) is 24.5. The number of fused-ring (bicyclic) bond motifs is 10. The molecule has 2 aromatic heterocycles. The number of phenolic OH excluding ortho intramolecular Hbond substituents is 1. The van der Waals surface area contributed by atoms with Crippen molar-refractivity contribution in [3.8, 4) is 11.5 Å². The van der Waals surface area contributed by atoms with E-state index >= 15 is 0 Å². The van der Waals surface area contributed by atoms with Gasteiger partial charge in [-0.1, -0.05) is 36.3 Å². The molecule has 6 aliphatic carbocycles. The number of amides is 2. The first-order valence-electron chi connectivity index (χ1n) is 25.9. The molecule has 10 rings (SSSR count).